The molecule has 0 spiro atoms. The summed E-state index contributed by atoms with van der Waals surface area (Å²) in [5, 5.41) is 10.2. The minimum Gasteiger partial charge on any atom is -0.388 e. The second-order valence-electron chi connectivity index (χ2n) is 5.25. The maximum Gasteiger partial charge on any atom is 0.0790 e. The standard InChI is InChI=1S/C15H21BrO/c1-11-10-13(7-8-14(11)16)15(17)9-6-12-4-2-3-5-12/h7-8,10,12,15,17H,2-6,9H2,1H3. The van der Waals surface area contributed by atoms with Crippen LogP contribution in [0.2, 0.25) is 0 Å². The molecular formula is C15H21BrO. The van der Waals surface area contributed by atoms with Crippen LogP contribution in [0, 0.1) is 12.8 Å². The van der Waals surface area contributed by atoms with E-state index < -0.39 is 0 Å². The molecule has 1 unspecified atom stereocenters. The third-order valence-corrected chi connectivity index (χ3v) is 4.78. The summed E-state index contributed by atoms with van der Waals surface area (Å²) in [6.45, 7) is 2.07. The first-order chi connectivity index (χ1) is 8.16. The van der Waals surface area contributed by atoms with E-state index in [1.54, 1.807) is 0 Å². The monoisotopic (exact) mass is 296 g/mol. The quantitative estimate of drug-likeness (QED) is 0.849. The smallest absolute Gasteiger partial charge is 0.0790 e. The number of aliphatic hydroxyl groups is 1. The Morgan fingerprint density at radius 3 is 2.71 bits per heavy atom. The van der Waals surface area contributed by atoms with E-state index in [2.05, 4.69) is 28.9 Å². The molecule has 1 aromatic rings. The highest BCUT2D eigenvalue weighted by atomic mass is 79.9. The lowest BCUT2D eigenvalue weighted by Crippen LogP contribution is -2.02. The molecule has 0 aromatic heterocycles. The van der Waals surface area contributed by atoms with Gasteiger partial charge in [-0.2, -0.15) is 0 Å². The summed E-state index contributed by atoms with van der Waals surface area (Å²) in [6.07, 6.45) is 7.30. The molecule has 0 aliphatic heterocycles. The fourth-order valence-electron chi connectivity index (χ4n) is 2.73. The molecule has 0 heterocycles. The zero-order chi connectivity index (χ0) is 12.3. The number of hydrogen-bond acceptors (Lipinski definition) is 1. The van der Waals surface area contributed by atoms with Gasteiger partial charge in [0, 0.05) is 4.47 Å². The van der Waals surface area contributed by atoms with Crippen molar-refractivity contribution in [3.05, 3.63) is 33.8 Å². The lowest BCUT2D eigenvalue weighted by atomic mass is 9.96. The van der Waals surface area contributed by atoms with E-state index in [0.717, 1.165) is 22.4 Å². The summed E-state index contributed by atoms with van der Waals surface area (Å²) >= 11 is 3.49. The Hall–Kier alpha value is -0.340. The number of benzene rings is 1. The largest absolute Gasteiger partial charge is 0.388 e. The van der Waals surface area contributed by atoms with Gasteiger partial charge in [-0.1, -0.05) is 53.7 Å². The Balaban J connectivity index is 1.89. The zero-order valence-electron chi connectivity index (χ0n) is 10.5. The van der Waals surface area contributed by atoms with Crippen molar-refractivity contribution in [2.75, 3.05) is 0 Å². The van der Waals surface area contributed by atoms with Gasteiger partial charge in [0.15, 0.2) is 0 Å². The average molecular weight is 297 g/mol. The van der Waals surface area contributed by atoms with Crippen LogP contribution in [0.4, 0.5) is 0 Å². The van der Waals surface area contributed by atoms with Crippen molar-refractivity contribution in [2.24, 2.45) is 5.92 Å². The Morgan fingerprint density at radius 2 is 2.06 bits per heavy atom. The molecule has 17 heavy (non-hydrogen) atoms. The molecule has 0 bridgehead atoms. The van der Waals surface area contributed by atoms with Crippen LogP contribution in [0.15, 0.2) is 22.7 Å². The van der Waals surface area contributed by atoms with Crippen LogP contribution < -0.4 is 0 Å². The molecule has 1 aliphatic rings. The van der Waals surface area contributed by atoms with Crippen molar-refractivity contribution in [3.63, 3.8) is 0 Å². The number of halogens is 1. The highest BCUT2D eigenvalue weighted by Crippen LogP contribution is 2.32. The third kappa shape index (κ3) is 3.56. The summed E-state index contributed by atoms with van der Waals surface area (Å²) in [7, 11) is 0. The second-order valence-corrected chi connectivity index (χ2v) is 6.11. The Morgan fingerprint density at radius 1 is 1.35 bits per heavy atom. The van der Waals surface area contributed by atoms with E-state index in [0.29, 0.717) is 0 Å². The minimum absolute atomic E-state index is 0.289. The summed E-state index contributed by atoms with van der Waals surface area (Å²) in [6, 6.07) is 6.14. The predicted octanol–water partition coefficient (Wildman–Crippen LogP) is 4.76. The molecule has 0 saturated heterocycles. The van der Waals surface area contributed by atoms with Crippen LogP contribution in [0.25, 0.3) is 0 Å². The van der Waals surface area contributed by atoms with Crippen molar-refractivity contribution in [1.82, 2.24) is 0 Å². The van der Waals surface area contributed by atoms with E-state index >= 15 is 0 Å². The van der Waals surface area contributed by atoms with Gasteiger partial charge in [-0.05, 0) is 42.9 Å². The van der Waals surface area contributed by atoms with Crippen LogP contribution in [0.1, 0.15) is 55.8 Å². The van der Waals surface area contributed by atoms with Gasteiger partial charge in [0.25, 0.3) is 0 Å². The highest BCUT2D eigenvalue weighted by molar-refractivity contribution is 9.10. The molecule has 1 aliphatic carbocycles. The van der Waals surface area contributed by atoms with Gasteiger partial charge in [-0.25, -0.2) is 0 Å². The van der Waals surface area contributed by atoms with Crippen LogP contribution in [0.5, 0.6) is 0 Å². The number of aryl methyl sites for hydroxylation is 1. The molecule has 1 atom stereocenters. The van der Waals surface area contributed by atoms with Crippen LogP contribution >= 0.6 is 15.9 Å². The summed E-state index contributed by atoms with van der Waals surface area (Å²) in [4.78, 5) is 0. The van der Waals surface area contributed by atoms with Gasteiger partial charge in [0.2, 0.25) is 0 Å². The first-order valence-electron chi connectivity index (χ1n) is 6.61. The molecule has 2 heteroatoms. The van der Waals surface area contributed by atoms with E-state index in [4.69, 9.17) is 0 Å². The van der Waals surface area contributed by atoms with Gasteiger partial charge in [-0.3, -0.25) is 0 Å². The van der Waals surface area contributed by atoms with Gasteiger partial charge >= 0.3 is 0 Å². The lowest BCUT2D eigenvalue weighted by Gasteiger charge is -2.15. The van der Waals surface area contributed by atoms with Crippen molar-refractivity contribution in [1.29, 1.82) is 0 Å². The Labute approximate surface area is 112 Å². The molecule has 1 saturated carbocycles. The molecule has 1 aromatic carbocycles. The molecule has 94 valence electrons. The molecule has 1 N–H and O–H groups in total. The molecule has 2 rings (SSSR count). The fraction of sp³-hybridized carbons (Fsp3) is 0.600. The second kappa shape index (κ2) is 6.01. The average Bonchev–Trinajstić information content (AvgIpc) is 2.82. The maximum atomic E-state index is 10.2. The summed E-state index contributed by atoms with van der Waals surface area (Å²) in [5.41, 5.74) is 2.26. The van der Waals surface area contributed by atoms with Gasteiger partial charge in [-0.15, -0.1) is 0 Å². The van der Waals surface area contributed by atoms with Gasteiger partial charge in [0.05, 0.1) is 6.10 Å². The van der Waals surface area contributed by atoms with Crippen molar-refractivity contribution < 1.29 is 5.11 Å². The van der Waals surface area contributed by atoms with Gasteiger partial charge in [0.1, 0.15) is 0 Å². The zero-order valence-corrected chi connectivity index (χ0v) is 12.0. The molecule has 1 fully saturated rings. The van der Waals surface area contributed by atoms with E-state index in [1.807, 2.05) is 12.1 Å². The van der Waals surface area contributed by atoms with E-state index in [-0.39, 0.29) is 6.10 Å². The first-order valence-corrected chi connectivity index (χ1v) is 7.40. The molecule has 0 radical (unpaired) electrons. The molecule has 0 amide bonds. The van der Waals surface area contributed by atoms with Gasteiger partial charge < -0.3 is 5.11 Å². The Kier molecular flexibility index (Phi) is 4.63. The highest BCUT2D eigenvalue weighted by Gasteiger charge is 2.17. The first kappa shape index (κ1) is 13.1. The minimum atomic E-state index is -0.289. The van der Waals surface area contributed by atoms with Crippen molar-refractivity contribution in [2.45, 2.75) is 51.6 Å². The van der Waals surface area contributed by atoms with E-state index in [9.17, 15) is 5.11 Å². The maximum absolute atomic E-state index is 10.2. The summed E-state index contributed by atoms with van der Waals surface area (Å²) in [5.74, 6) is 0.862. The number of rotatable bonds is 4. The predicted molar refractivity (Wildman–Crippen MR) is 75.0 cm³/mol. The van der Waals surface area contributed by atoms with Crippen LogP contribution in [-0.2, 0) is 0 Å². The SMILES string of the molecule is Cc1cc(C(O)CCC2CCCC2)ccc1Br. The lowest BCUT2D eigenvalue weighted by molar-refractivity contribution is 0.157. The number of hydrogen-bond donors (Lipinski definition) is 1. The molecule has 1 nitrogen and oxygen atoms in total. The van der Waals surface area contributed by atoms with Crippen LogP contribution in [-0.4, -0.2) is 5.11 Å². The Bertz CT molecular complexity index is 369. The third-order valence-electron chi connectivity index (χ3n) is 3.89. The number of aliphatic hydroxyl groups excluding tert-OH is 1. The topological polar surface area (TPSA) is 20.2 Å². The fourth-order valence-corrected chi connectivity index (χ4v) is 2.98. The van der Waals surface area contributed by atoms with Crippen LogP contribution in [0.3, 0.4) is 0 Å². The van der Waals surface area contributed by atoms with Crippen molar-refractivity contribution in [3.8, 4) is 0 Å². The van der Waals surface area contributed by atoms with Crippen molar-refractivity contribution >= 4 is 15.9 Å². The normalized spacial score (nSPS) is 18.5. The summed E-state index contributed by atoms with van der Waals surface area (Å²) < 4.78 is 1.12. The molecular weight excluding hydrogens is 276 g/mol. The van der Waals surface area contributed by atoms with E-state index in [1.165, 1.54) is 37.7 Å².